The van der Waals surface area contributed by atoms with E-state index < -0.39 is 0 Å². The van der Waals surface area contributed by atoms with Crippen molar-refractivity contribution in [3.8, 4) is 17.0 Å². The van der Waals surface area contributed by atoms with Gasteiger partial charge in [0.05, 0.1) is 18.4 Å². The summed E-state index contributed by atoms with van der Waals surface area (Å²) in [6, 6.07) is 16.7. The summed E-state index contributed by atoms with van der Waals surface area (Å²) in [5, 5.41) is 0.372. The highest BCUT2D eigenvalue weighted by atomic mass is 32.1. The maximum Gasteiger partial charge on any atom is 0.209 e. The van der Waals surface area contributed by atoms with Crippen molar-refractivity contribution in [3.63, 3.8) is 0 Å². The molecule has 0 aliphatic rings. The Balaban J connectivity index is 2.11. The smallest absolute Gasteiger partial charge is 0.209 e. The van der Waals surface area contributed by atoms with Gasteiger partial charge in [0.2, 0.25) is 5.78 Å². The number of ketones is 1. The van der Waals surface area contributed by atoms with Crippen LogP contribution >= 0.6 is 11.3 Å². The fraction of sp³-hybridized carbons (Fsp3) is 0.0588. The first-order valence-electron chi connectivity index (χ1n) is 6.70. The molecular formula is C17H14N2O2S. The molecule has 0 amide bonds. The summed E-state index contributed by atoms with van der Waals surface area (Å²) in [7, 11) is 1.55. The van der Waals surface area contributed by atoms with Gasteiger partial charge in [0.15, 0.2) is 5.13 Å². The molecule has 0 unspecified atom stereocenters. The van der Waals surface area contributed by atoms with E-state index >= 15 is 0 Å². The fourth-order valence-electron chi connectivity index (χ4n) is 2.24. The molecule has 4 nitrogen and oxygen atoms in total. The number of nitrogens with two attached hydrogens (primary N) is 1. The van der Waals surface area contributed by atoms with Gasteiger partial charge in [0.1, 0.15) is 10.6 Å². The van der Waals surface area contributed by atoms with Crippen molar-refractivity contribution in [2.45, 2.75) is 0 Å². The number of thiazole rings is 1. The van der Waals surface area contributed by atoms with E-state index in [-0.39, 0.29) is 5.78 Å². The van der Waals surface area contributed by atoms with Gasteiger partial charge in [-0.25, -0.2) is 4.98 Å². The average Bonchev–Trinajstić information content (AvgIpc) is 2.97. The topological polar surface area (TPSA) is 65.2 Å². The number of para-hydroxylation sites is 1. The zero-order valence-electron chi connectivity index (χ0n) is 11.9. The molecule has 110 valence electrons. The van der Waals surface area contributed by atoms with Crippen LogP contribution in [0.25, 0.3) is 11.3 Å². The van der Waals surface area contributed by atoms with Crippen LogP contribution in [-0.2, 0) is 0 Å². The van der Waals surface area contributed by atoms with Crippen molar-refractivity contribution in [2.24, 2.45) is 0 Å². The van der Waals surface area contributed by atoms with Crippen LogP contribution in [0.3, 0.4) is 0 Å². The van der Waals surface area contributed by atoms with Gasteiger partial charge in [-0.3, -0.25) is 4.79 Å². The van der Waals surface area contributed by atoms with Crippen molar-refractivity contribution >= 4 is 22.3 Å². The van der Waals surface area contributed by atoms with Crippen LogP contribution < -0.4 is 10.5 Å². The number of carbonyl (C=O) groups excluding carboxylic acids is 1. The number of aromatic nitrogens is 1. The molecule has 0 atom stereocenters. The van der Waals surface area contributed by atoms with E-state index in [4.69, 9.17) is 10.5 Å². The number of benzene rings is 2. The second-order valence-corrected chi connectivity index (χ2v) is 5.66. The van der Waals surface area contributed by atoms with E-state index in [2.05, 4.69) is 4.98 Å². The lowest BCUT2D eigenvalue weighted by Gasteiger charge is -2.07. The minimum Gasteiger partial charge on any atom is -0.496 e. The Morgan fingerprint density at radius 1 is 1.09 bits per heavy atom. The summed E-state index contributed by atoms with van der Waals surface area (Å²) >= 11 is 1.19. The summed E-state index contributed by atoms with van der Waals surface area (Å²) in [5.74, 6) is 0.406. The number of nitrogens with zero attached hydrogens (tertiary/aromatic N) is 1. The lowest BCUT2D eigenvalue weighted by Crippen LogP contribution is -2.03. The molecule has 0 radical (unpaired) electrons. The molecule has 0 saturated heterocycles. The molecule has 22 heavy (non-hydrogen) atoms. The van der Waals surface area contributed by atoms with Crippen LogP contribution in [0.15, 0.2) is 54.6 Å². The molecule has 0 spiro atoms. The SMILES string of the molecule is COc1ccccc1C(=O)c1sc(N)nc1-c1ccccc1. The Kier molecular flexibility index (Phi) is 3.89. The van der Waals surface area contributed by atoms with E-state index in [0.717, 1.165) is 5.56 Å². The first-order valence-corrected chi connectivity index (χ1v) is 7.52. The third-order valence-electron chi connectivity index (χ3n) is 3.25. The molecule has 0 fully saturated rings. The minimum absolute atomic E-state index is 0.134. The third kappa shape index (κ3) is 2.58. The van der Waals surface area contributed by atoms with E-state index in [9.17, 15) is 4.79 Å². The number of nitrogen functional groups attached to an aromatic ring is 1. The highest BCUT2D eigenvalue weighted by molar-refractivity contribution is 7.18. The largest absolute Gasteiger partial charge is 0.496 e. The molecule has 1 aromatic heterocycles. The number of hydrogen-bond donors (Lipinski definition) is 1. The molecule has 0 bridgehead atoms. The maximum atomic E-state index is 12.9. The lowest BCUT2D eigenvalue weighted by atomic mass is 10.0. The maximum absolute atomic E-state index is 12.9. The first kappa shape index (κ1) is 14.3. The Bertz CT molecular complexity index is 813. The fourth-order valence-corrected chi connectivity index (χ4v) is 3.05. The van der Waals surface area contributed by atoms with Gasteiger partial charge >= 0.3 is 0 Å². The quantitative estimate of drug-likeness (QED) is 0.747. The van der Waals surface area contributed by atoms with Gasteiger partial charge in [0.25, 0.3) is 0 Å². The molecule has 3 aromatic rings. The summed E-state index contributed by atoms with van der Waals surface area (Å²) in [6.45, 7) is 0. The summed E-state index contributed by atoms with van der Waals surface area (Å²) < 4.78 is 5.27. The standard InChI is InChI=1S/C17H14N2O2S/c1-21-13-10-6-5-9-12(13)15(20)16-14(19-17(18)22-16)11-7-3-2-4-8-11/h2-10H,1H3,(H2,18,19). The predicted octanol–water partition coefficient (Wildman–Crippen LogP) is 3.63. The zero-order valence-corrected chi connectivity index (χ0v) is 12.8. The van der Waals surface area contributed by atoms with Crippen LogP contribution in [0.1, 0.15) is 15.2 Å². The lowest BCUT2D eigenvalue weighted by molar-refractivity contribution is 0.104. The molecule has 0 saturated carbocycles. The molecule has 0 aliphatic heterocycles. The van der Waals surface area contributed by atoms with Gasteiger partial charge in [-0.15, -0.1) is 0 Å². The predicted molar refractivity (Wildman–Crippen MR) is 88.4 cm³/mol. The van der Waals surface area contributed by atoms with Crippen LogP contribution in [0.2, 0.25) is 0 Å². The van der Waals surface area contributed by atoms with E-state index in [1.165, 1.54) is 11.3 Å². The summed E-state index contributed by atoms with van der Waals surface area (Å²) in [4.78, 5) is 17.7. The second-order valence-electron chi connectivity index (χ2n) is 4.63. The van der Waals surface area contributed by atoms with Gasteiger partial charge in [-0.2, -0.15) is 0 Å². The average molecular weight is 310 g/mol. The minimum atomic E-state index is -0.134. The van der Waals surface area contributed by atoms with Crippen molar-refractivity contribution < 1.29 is 9.53 Å². The van der Waals surface area contributed by atoms with Crippen molar-refractivity contribution in [3.05, 3.63) is 65.0 Å². The number of rotatable bonds is 4. The number of anilines is 1. The molecule has 1 heterocycles. The molecule has 2 N–H and O–H groups in total. The van der Waals surface area contributed by atoms with Gasteiger partial charge in [-0.1, -0.05) is 53.8 Å². The Labute approximate surface area is 132 Å². The van der Waals surface area contributed by atoms with E-state index in [0.29, 0.717) is 27.0 Å². The molecule has 0 aliphatic carbocycles. The van der Waals surface area contributed by atoms with Crippen LogP contribution in [0.4, 0.5) is 5.13 Å². The Hall–Kier alpha value is -2.66. The van der Waals surface area contributed by atoms with Crippen LogP contribution in [0.5, 0.6) is 5.75 Å². The highest BCUT2D eigenvalue weighted by Crippen LogP contribution is 2.33. The third-order valence-corrected chi connectivity index (χ3v) is 4.13. The van der Waals surface area contributed by atoms with Gasteiger partial charge in [-0.05, 0) is 12.1 Å². The summed E-state index contributed by atoms with van der Waals surface area (Å²) in [6.07, 6.45) is 0. The van der Waals surface area contributed by atoms with Crippen molar-refractivity contribution in [1.82, 2.24) is 4.98 Å². The summed E-state index contributed by atoms with van der Waals surface area (Å²) in [5.41, 5.74) is 7.81. The molecule has 2 aromatic carbocycles. The van der Waals surface area contributed by atoms with Crippen molar-refractivity contribution in [2.75, 3.05) is 12.8 Å². The Morgan fingerprint density at radius 2 is 1.77 bits per heavy atom. The number of hydrogen-bond acceptors (Lipinski definition) is 5. The Morgan fingerprint density at radius 3 is 2.50 bits per heavy atom. The van der Waals surface area contributed by atoms with E-state index in [1.807, 2.05) is 42.5 Å². The zero-order chi connectivity index (χ0) is 15.5. The first-order chi connectivity index (χ1) is 10.7. The van der Waals surface area contributed by atoms with Crippen molar-refractivity contribution in [1.29, 1.82) is 0 Å². The molecular weight excluding hydrogens is 296 g/mol. The molecule has 5 heteroatoms. The number of ether oxygens (including phenoxy) is 1. The van der Waals surface area contributed by atoms with E-state index in [1.54, 1.807) is 19.2 Å². The molecule has 3 rings (SSSR count). The monoisotopic (exact) mass is 310 g/mol. The normalized spacial score (nSPS) is 10.4. The number of carbonyl (C=O) groups is 1. The second kappa shape index (κ2) is 5.99. The van der Waals surface area contributed by atoms with Crippen LogP contribution in [0, 0.1) is 0 Å². The highest BCUT2D eigenvalue weighted by Gasteiger charge is 2.22. The van der Waals surface area contributed by atoms with Crippen LogP contribution in [-0.4, -0.2) is 17.9 Å². The van der Waals surface area contributed by atoms with Gasteiger partial charge < -0.3 is 10.5 Å². The van der Waals surface area contributed by atoms with Gasteiger partial charge in [0, 0.05) is 5.56 Å². The number of methoxy groups -OCH3 is 1.